The molecule has 0 spiro atoms. The van der Waals surface area contributed by atoms with Gasteiger partial charge in [-0.05, 0) is 42.2 Å². The van der Waals surface area contributed by atoms with Crippen molar-refractivity contribution in [3.05, 3.63) is 40.6 Å². The van der Waals surface area contributed by atoms with Gasteiger partial charge in [0.15, 0.2) is 5.96 Å². The standard InChI is InChI=1S/C15H23N5S/c1-13-17-7-9-20(13)8-4-3-6-18-15(16-2)19-11-14-5-10-21-12-14/h5,7,9-10,12H,3-4,6,8,11H2,1-2H3,(H2,16,18,19). The molecule has 0 saturated carbocycles. The van der Waals surface area contributed by atoms with Gasteiger partial charge >= 0.3 is 0 Å². The Bertz CT molecular complexity index is 544. The molecule has 5 nitrogen and oxygen atoms in total. The number of aliphatic imine (C=N–C) groups is 1. The molecule has 114 valence electrons. The minimum atomic E-state index is 0.817. The minimum Gasteiger partial charge on any atom is -0.356 e. The van der Waals surface area contributed by atoms with Gasteiger partial charge in [0.05, 0.1) is 0 Å². The zero-order chi connectivity index (χ0) is 14.9. The van der Waals surface area contributed by atoms with Crippen LogP contribution in [0.3, 0.4) is 0 Å². The van der Waals surface area contributed by atoms with Crippen LogP contribution in [0.5, 0.6) is 0 Å². The topological polar surface area (TPSA) is 54.2 Å². The molecule has 21 heavy (non-hydrogen) atoms. The van der Waals surface area contributed by atoms with Gasteiger partial charge in [-0.15, -0.1) is 0 Å². The van der Waals surface area contributed by atoms with E-state index in [1.807, 2.05) is 19.3 Å². The summed E-state index contributed by atoms with van der Waals surface area (Å²) in [5, 5.41) is 10.9. The van der Waals surface area contributed by atoms with Crippen LogP contribution in [0.4, 0.5) is 0 Å². The van der Waals surface area contributed by atoms with E-state index in [1.165, 1.54) is 5.56 Å². The lowest BCUT2D eigenvalue weighted by Gasteiger charge is -2.11. The molecule has 0 aliphatic carbocycles. The van der Waals surface area contributed by atoms with Crippen molar-refractivity contribution in [2.75, 3.05) is 13.6 Å². The van der Waals surface area contributed by atoms with Gasteiger partial charge in [-0.25, -0.2) is 4.98 Å². The Morgan fingerprint density at radius 1 is 1.38 bits per heavy atom. The van der Waals surface area contributed by atoms with Gasteiger partial charge < -0.3 is 15.2 Å². The van der Waals surface area contributed by atoms with Crippen LogP contribution in [0.25, 0.3) is 0 Å². The van der Waals surface area contributed by atoms with Gasteiger partial charge in [0.1, 0.15) is 5.82 Å². The maximum Gasteiger partial charge on any atom is 0.191 e. The van der Waals surface area contributed by atoms with E-state index in [0.29, 0.717) is 0 Å². The third-order valence-electron chi connectivity index (χ3n) is 3.31. The molecule has 2 aromatic heterocycles. The van der Waals surface area contributed by atoms with E-state index in [2.05, 4.69) is 42.0 Å². The molecule has 0 unspecified atom stereocenters. The van der Waals surface area contributed by atoms with E-state index in [0.717, 1.165) is 44.3 Å². The molecule has 0 aliphatic rings. The Hall–Kier alpha value is -1.82. The fraction of sp³-hybridized carbons (Fsp3) is 0.467. The lowest BCUT2D eigenvalue weighted by molar-refractivity contribution is 0.588. The lowest BCUT2D eigenvalue weighted by atomic mass is 10.3. The first kappa shape index (κ1) is 15.6. The normalized spacial score (nSPS) is 11.6. The van der Waals surface area contributed by atoms with Crippen molar-refractivity contribution in [1.29, 1.82) is 0 Å². The summed E-state index contributed by atoms with van der Waals surface area (Å²) in [6.45, 7) is 4.80. The molecule has 0 bridgehead atoms. The molecule has 0 aromatic carbocycles. The van der Waals surface area contributed by atoms with Crippen LogP contribution in [0.15, 0.2) is 34.2 Å². The molecule has 0 aliphatic heterocycles. The number of aromatic nitrogens is 2. The number of aryl methyl sites for hydroxylation is 2. The van der Waals surface area contributed by atoms with Gasteiger partial charge in [0, 0.05) is 39.1 Å². The quantitative estimate of drug-likeness (QED) is 0.469. The molecule has 0 amide bonds. The average Bonchev–Trinajstić information content (AvgIpc) is 3.14. The first-order valence-electron chi connectivity index (χ1n) is 7.23. The molecule has 2 N–H and O–H groups in total. The van der Waals surface area contributed by atoms with Gasteiger partial charge in [-0.3, -0.25) is 4.99 Å². The second-order valence-electron chi connectivity index (χ2n) is 4.86. The largest absolute Gasteiger partial charge is 0.356 e. The van der Waals surface area contributed by atoms with Crippen LogP contribution in [0, 0.1) is 6.92 Å². The zero-order valence-electron chi connectivity index (χ0n) is 12.7. The summed E-state index contributed by atoms with van der Waals surface area (Å²) in [5.41, 5.74) is 1.29. The Morgan fingerprint density at radius 3 is 2.95 bits per heavy atom. The maximum absolute atomic E-state index is 4.23. The van der Waals surface area contributed by atoms with E-state index in [4.69, 9.17) is 0 Å². The maximum atomic E-state index is 4.23. The van der Waals surface area contributed by atoms with E-state index in [9.17, 15) is 0 Å². The van der Waals surface area contributed by atoms with E-state index >= 15 is 0 Å². The molecule has 0 radical (unpaired) electrons. The van der Waals surface area contributed by atoms with Crippen LogP contribution in [0.2, 0.25) is 0 Å². The predicted octanol–water partition coefficient (Wildman–Crippen LogP) is 2.40. The van der Waals surface area contributed by atoms with Crippen LogP contribution in [-0.2, 0) is 13.1 Å². The number of hydrogen-bond donors (Lipinski definition) is 2. The molecule has 0 saturated heterocycles. The fourth-order valence-electron chi connectivity index (χ4n) is 2.05. The summed E-state index contributed by atoms with van der Waals surface area (Å²) in [6, 6.07) is 2.12. The molecule has 2 rings (SSSR count). The van der Waals surface area contributed by atoms with Gasteiger partial charge in [-0.1, -0.05) is 0 Å². The number of imidazole rings is 1. The zero-order valence-corrected chi connectivity index (χ0v) is 13.5. The highest BCUT2D eigenvalue weighted by Crippen LogP contribution is 2.04. The molecule has 2 aromatic rings. The number of hydrogen-bond acceptors (Lipinski definition) is 3. The smallest absolute Gasteiger partial charge is 0.191 e. The van der Waals surface area contributed by atoms with E-state index in [1.54, 1.807) is 18.4 Å². The van der Waals surface area contributed by atoms with Crippen molar-refractivity contribution in [3.8, 4) is 0 Å². The Balaban J connectivity index is 1.59. The van der Waals surface area contributed by atoms with Crippen molar-refractivity contribution in [2.24, 2.45) is 4.99 Å². The number of nitrogens with zero attached hydrogens (tertiary/aromatic N) is 3. The van der Waals surface area contributed by atoms with Crippen molar-refractivity contribution >= 4 is 17.3 Å². The minimum absolute atomic E-state index is 0.817. The number of rotatable bonds is 7. The first-order chi connectivity index (χ1) is 10.3. The first-order valence-corrected chi connectivity index (χ1v) is 8.17. The molecule has 6 heteroatoms. The number of guanidine groups is 1. The molecule has 0 fully saturated rings. The van der Waals surface area contributed by atoms with Gasteiger partial charge in [0.2, 0.25) is 0 Å². The lowest BCUT2D eigenvalue weighted by Crippen LogP contribution is -2.37. The second-order valence-corrected chi connectivity index (χ2v) is 5.64. The van der Waals surface area contributed by atoms with Crippen molar-refractivity contribution < 1.29 is 0 Å². The summed E-state index contributed by atoms with van der Waals surface area (Å²) in [7, 11) is 1.80. The summed E-state index contributed by atoms with van der Waals surface area (Å²) in [6.07, 6.45) is 6.12. The second kappa shape index (κ2) is 8.46. The van der Waals surface area contributed by atoms with E-state index in [-0.39, 0.29) is 0 Å². The van der Waals surface area contributed by atoms with Crippen LogP contribution < -0.4 is 10.6 Å². The average molecular weight is 305 g/mol. The summed E-state index contributed by atoms with van der Waals surface area (Å²) < 4.78 is 2.18. The fourth-order valence-corrected chi connectivity index (χ4v) is 2.72. The highest BCUT2D eigenvalue weighted by atomic mass is 32.1. The van der Waals surface area contributed by atoms with Crippen molar-refractivity contribution in [3.63, 3.8) is 0 Å². The van der Waals surface area contributed by atoms with Gasteiger partial charge in [0.25, 0.3) is 0 Å². The van der Waals surface area contributed by atoms with Crippen molar-refractivity contribution in [1.82, 2.24) is 20.2 Å². The molecule has 0 atom stereocenters. The van der Waals surface area contributed by atoms with E-state index < -0.39 is 0 Å². The van der Waals surface area contributed by atoms with Gasteiger partial charge in [-0.2, -0.15) is 11.3 Å². The third kappa shape index (κ3) is 5.23. The highest BCUT2D eigenvalue weighted by molar-refractivity contribution is 7.07. The Labute approximate surface area is 130 Å². The third-order valence-corrected chi connectivity index (χ3v) is 4.04. The monoisotopic (exact) mass is 305 g/mol. The molecule has 2 heterocycles. The summed E-state index contributed by atoms with van der Waals surface area (Å²) in [4.78, 5) is 8.46. The SMILES string of the molecule is CN=C(NCCCCn1ccnc1C)NCc1ccsc1. The highest BCUT2D eigenvalue weighted by Gasteiger charge is 1.99. The summed E-state index contributed by atoms with van der Waals surface area (Å²) in [5.74, 6) is 1.94. The van der Waals surface area contributed by atoms with Crippen molar-refractivity contribution in [2.45, 2.75) is 32.9 Å². The Morgan fingerprint density at radius 2 is 2.29 bits per heavy atom. The van der Waals surface area contributed by atoms with Crippen LogP contribution in [-0.4, -0.2) is 29.1 Å². The molecular formula is C15H23N5S. The number of thiophene rings is 1. The summed E-state index contributed by atoms with van der Waals surface area (Å²) >= 11 is 1.72. The molecular weight excluding hydrogens is 282 g/mol. The number of unbranched alkanes of at least 4 members (excludes halogenated alkanes) is 1. The number of nitrogens with one attached hydrogen (secondary N) is 2. The van der Waals surface area contributed by atoms with Crippen LogP contribution >= 0.6 is 11.3 Å². The predicted molar refractivity (Wildman–Crippen MR) is 88.7 cm³/mol. The van der Waals surface area contributed by atoms with Crippen LogP contribution in [0.1, 0.15) is 24.2 Å². The Kier molecular flexibility index (Phi) is 6.27.